The van der Waals surface area contributed by atoms with Crippen molar-refractivity contribution >= 4 is 26.7 Å². The van der Waals surface area contributed by atoms with Crippen LogP contribution in [0.15, 0.2) is 59.5 Å². The lowest BCUT2D eigenvalue weighted by Crippen LogP contribution is -2.34. The van der Waals surface area contributed by atoms with E-state index in [1.807, 2.05) is 43.3 Å². The van der Waals surface area contributed by atoms with Crippen LogP contribution < -0.4 is 9.46 Å². The van der Waals surface area contributed by atoms with Crippen LogP contribution in [-0.2, 0) is 14.8 Å². The third-order valence-electron chi connectivity index (χ3n) is 4.82. The van der Waals surface area contributed by atoms with E-state index in [0.717, 1.165) is 27.6 Å². The average molecular weight is 397 g/mol. The predicted octanol–water partition coefficient (Wildman–Crippen LogP) is 4.07. The van der Waals surface area contributed by atoms with Crippen molar-refractivity contribution in [3.63, 3.8) is 0 Å². The molecular formula is C22H23NO4S. The molecule has 0 aromatic heterocycles. The monoisotopic (exact) mass is 397 g/mol. The molecule has 28 heavy (non-hydrogen) atoms. The van der Waals surface area contributed by atoms with Crippen LogP contribution in [0.1, 0.15) is 29.5 Å². The number of methoxy groups -OCH3 is 1. The Bertz CT molecular complexity index is 1150. The summed E-state index contributed by atoms with van der Waals surface area (Å²) >= 11 is 0. The van der Waals surface area contributed by atoms with Gasteiger partial charge in [0.1, 0.15) is 5.75 Å². The smallest absolute Gasteiger partial charge is 0.264 e. The summed E-state index contributed by atoms with van der Waals surface area (Å²) in [7, 11) is -2.32. The quantitative estimate of drug-likeness (QED) is 0.704. The molecule has 0 aliphatic carbocycles. The van der Waals surface area contributed by atoms with E-state index in [9.17, 15) is 13.2 Å². The number of carbonyl (C=O) groups excluding carboxylic acids is 1. The minimum absolute atomic E-state index is 0.115. The van der Waals surface area contributed by atoms with E-state index in [1.54, 1.807) is 33.1 Å². The molecule has 0 saturated carbocycles. The summed E-state index contributed by atoms with van der Waals surface area (Å²) in [5.41, 5.74) is 2.31. The predicted molar refractivity (Wildman–Crippen MR) is 110 cm³/mol. The van der Waals surface area contributed by atoms with Gasteiger partial charge in [0.25, 0.3) is 10.0 Å². The Balaban J connectivity index is 1.85. The zero-order valence-corrected chi connectivity index (χ0v) is 17.1. The molecule has 3 rings (SSSR count). The first kappa shape index (κ1) is 19.9. The van der Waals surface area contributed by atoms with Gasteiger partial charge in [-0.1, -0.05) is 42.0 Å². The minimum atomic E-state index is -3.93. The second-order valence-electron chi connectivity index (χ2n) is 6.93. The van der Waals surface area contributed by atoms with Gasteiger partial charge in [-0.05, 0) is 60.9 Å². The van der Waals surface area contributed by atoms with Gasteiger partial charge in [0, 0.05) is 0 Å². The van der Waals surface area contributed by atoms with Crippen LogP contribution in [0.4, 0.5) is 0 Å². The Kier molecular flexibility index (Phi) is 5.42. The lowest BCUT2D eigenvalue weighted by Gasteiger charge is -2.15. The summed E-state index contributed by atoms with van der Waals surface area (Å²) in [6, 6.07) is 16.3. The highest BCUT2D eigenvalue weighted by atomic mass is 32.2. The molecule has 0 aliphatic heterocycles. The van der Waals surface area contributed by atoms with E-state index in [-0.39, 0.29) is 4.90 Å². The molecule has 0 aliphatic rings. The maximum Gasteiger partial charge on any atom is 0.264 e. The topological polar surface area (TPSA) is 72.5 Å². The molecule has 1 N–H and O–H groups in total. The van der Waals surface area contributed by atoms with Crippen molar-refractivity contribution in [3.05, 3.63) is 71.3 Å². The van der Waals surface area contributed by atoms with Gasteiger partial charge >= 0.3 is 0 Å². The summed E-state index contributed by atoms with van der Waals surface area (Å²) in [4.78, 5) is 12.8. The Morgan fingerprint density at radius 1 is 0.964 bits per heavy atom. The fourth-order valence-electron chi connectivity index (χ4n) is 3.17. The molecule has 0 heterocycles. The molecular weight excluding hydrogens is 374 g/mol. The normalized spacial score (nSPS) is 12.6. The van der Waals surface area contributed by atoms with Gasteiger partial charge in [0.2, 0.25) is 5.91 Å². The van der Waals surface area contributed by atoms with Crippen molar-refractivity contribution in [1.29, 1.82) is 0 Å². The van der Waals surface area contributed by atoms with Gasteiger partial charge in [-0.15, -0.1) is 0 Å². The lowest BCUT2D eigenvalue weighted by atomic mass is 9.97. The molecule has 3 aromatic rings. The molecule has 6 heteroatoms. The van der Waals surface area contributed by atoms with Crippen LogP contribution in [0.5, 0.6) is 5.75 Å². The zero-order chi connectivity index (χ0) is 20.5. The number of aryl methyl sites for hydroxylation is 2. The highest BCUT2D eigenvalue weighted by Crippen LogP contribution is 2.26. The molecule has 0 spiro atoms. The van der Waals surface area contributed by atoms with Gasteiger partial charge in [-0.3, -0.25) is 4.79 Å². The number of hydrogen-bond donors (Lipinski definition) is 1. The highest BCUT2D eigenvalue weighted by Gasteiger charge is 2.24. The van der Waals surface area contributed by atoms with Crippen LogP contribution in [0.2, 0.25) is 0 Å². The summed E-state index contributed by atoms with van der Waals surface area (Å²) in [5.74, 6) is -0.425. The van der Waals surface area contributed by atoms with E-state index in [2.05, 4.69) is 4.72 Å². The van der Waals surface area contributed by atoms with Crippen molar-refractivity contribution in [2.75, 3.05) is 7.11 Å². The molecule has 0 fully saturated rings. The molecule has 5 nitrogen and oxygen atoms in total. The van der Waals surface area contributed by atoms with Gasteiger partial charge in [-0.2, -0.15) is 0 Å². The fourth-order valence-corrected chi connectivity index (χ4v) is 4.45. The molecule has 0 bridgehead atoms. The number of sulfonamides is 1. The van der Waals surface area contributed by atoms with E-state index in [1.165, 1.54) is 6.07 Å². The lowest BCUT2D eigenvalue weighted by molar-refractivity contribution is -0.120. The first-order valence-corrected chi connectivity index (χ1v) is 10.4. The van der Waals surface area contributed by atoms with Crippen molar-refractivity contribution < 1.29 is 17.9 Å². The SMILES string of the molecule is COc1ccc2cc(C(C)C(=O)NS(=O)(=O)c3ccc(C)cc3C)ccc2c1. The summed E-state index contributed by atoms with van der Waals surface area (Å²) in [6.45, 7) is 5.30. The van der Waals surface area contributed by atoms with Crippen molar-refractivity contribution in [2.24, 2.45) is 0 Å². The Morgan fingerprint density at radius 3 is 2.32 bits per heavy atom. The second kappa shape index (κ2) is 7.64. The maximum atomic E-state index is 12.6. The van der Waals surface area contributed by atoms with Gasteiger partial charge in [-0.25, -0.2) is 13.1 Å². The van der Waals surface area contributed by atoms with Crippen LogP contribution >= 0.6 is 0 Å². The number of carbonyl (C=O) groups is 1. The van der Waals surface area contributed by atoms with Crippen LogP contribution in [0.3, 0.4) is 0 Å². The van der Waals surface area contributed by atoms with Crippen molar-refractivity contribution in [3.8, 4) is 5.75 Å². The Morgan fingerprint density at radius 2 is 1.64 bits per heavy atom. The fraction of sp³-hybridized carbons (Fsp3) is 0.227. The van der Waals surface area contributed by atoms with E-state index < -0.39 is 21.8 Å². The standard InChI is InChI=1S/C22H23NO4S/c1-14-5-10-21(15(2)11-14)28(25,26)23-22(24)16(3)17-6-7-19-13-20(27-4)9-8-18(19)12-17/h5-13,16H,1-4H3,(H,23,24). The number of amides is 1. The molecule has 1 amide bonds. The molecule has 1 unspecified atom stereocenters. The average Bonchev–Trinajstić information content (AvgIpc) is 2.65. The number of ether oxygens (including phenoxy) is 1. The van der Waals surface area contributed by atoms with Crippen LogP contribution in [0, 0.1) is 13.8 Å². The summed E-state index contributed by atoms with van der Waals surface area (Å²) in [6.07, 6.45) is 0. The van der Waals surface area contributed by atoms with Crippen LogP contribution in [-0.4, -0.2) is 21.4 Å². The number of nitrogens with one attached hydrogen (secondary N) is 1. The van der Waals surface area contributed by atoms with Crippen LogP contribution in [0.25, 0.3) is 10.8 Å². The van der Waals surface area contributed by atoms with Crippen molar-refractivity contribution in [1.82, 2.24) is 4.72 Å². The third kappa shape index (κ3) is 4.02. The minimum Gasteiger partial charge on any atom is -0.497 e. The maximum absolute atomic E-state index is 12.6. The van der Waals surface area contributed by atoms with Gasteiger partial charge in [0.15, 0.2) is 0 Å². The number of fused-ring (bicyclic) bond motifs is 1. The highest BCUT2D eigenvalue weighted by molar-refractivity contribution is 7.90. The molecule has 1 atom stereocenters. The first-order chi connectivity index (χ1) is 13.2. The van der Waals surface area contributed by atoms with E-state index >= 15 is 0 Å². The Labute approximate surface area is 165 Å². The zero-order valence-electron chi connectivity index (χ0n) is 16.3. The first-order valence-electron chi connectivity index (χ1n) is 8.93. The van der Waals surface area contributed by atoms with Crippen molar-refractivity contribution in [2.45, 2.75) is 31.6 Å². The summed E-state index contributed by atoms with van der Waals surface area (Å²) < 4.78 is 32.7. The molecule has 0 saturated heterocycles. The number of hydrogen-bond acceptors (Lipinski definition) is 4. The Hall–Kier alpha value is -2.86. The molecule has 146 valence electrons. The number of benzene rings is 3. The second-order valence-corrected chi connectivity index (χ2v) is 8.58. The largest absolute Gasteiger partial charge is 0.497 e. The third-order valence-corrected chi connectivity index (χ3v) is 6.33. The molecule has 3 aromatic carbocycles. The van der Waals surface area contributed by atoms with E-state index in [0.29, 0.717) is 5.56 Å². The van der Waals surface area contributed by atoms with Gasteiger partial charge < -0.3 is 4.74 Å². The van der Waals surface area contributed by atoms with Gasteiger partial charge in [0.05, 0.1) is 17.9 Å². The number of rotatable bonds is 5. The summed E-state index contributed by atoms with van der Waals surface area (Å²) in [5, 5.41) is 1.94. The van der Waals surface area contributed by atoms with E-state index in [4.69, 9.17) is 4.74 Å². The molecule has 0 radical (unpaired) electrons.